The number of hydrogen-bond donors (Lipinski definition) is 1. The van der Waals surface area contributed by atoms with Crippen LogP contribution in [-0.2, 0) is 11.2 Å². The molecule has 0 aliphatic heterocycles. The average molecular weight is 306 g/mol. The normalized spacial score (nSPS) is 12.2. The lowest BCUT2D eigenvalue weighted by molar-refractivity contribution is -0.120. The van der Waals surface area contributed by atoms with Gasteiger partial charge in [0.2, 0.25) is 5.91 Å². The van der Waals surface area contributed by atoms with Gasteiger partial charge in [0.25, 0.3) is 0 Å². The van der Waals surface area contributed by atoms with Gasteiger partial charge >= 0.3 is 0 Å². The van der Waals surface area contributed by atoms with E-state index in [9.17, 15) is 13.6 Å². The van der Waals surface area contributed by atoms with Gasteiger partial charge in [-0.3, -0.25) is 4.79 Å². The number of benzene rings is 1. The fraction of sp³-hybridized carbons (Fsp3) is 0.417. The molecule has 0 saturated carbocycles. The number of halogens is 3. The fourth-order valence-corrected chi connectivity index (χ4v) is 1.54. The van der Waals surface area contributed by atoms with E-state index in [0.29, 0.717) is 11.4 Å². The minimum absolute atomic E-state index is 0.0667. The van der Waals surface area contributed by atoms with Crippen molar-refractivity contribution < 1.29 is 13.6 Å². The molecule has 1 amide bonds. The molecule has 1 atom stereocenters. The van der Waals surface area contributed by atoms with Crippen molar-refractivity contribution in [2.24, 2.45) is 0 Å². The first-order chi connectivity index (χ1) is 7.99. The first-order valence-electron chi connectivity index (χ1n) is 5.33. The average Bonchev–Trinajstić information content (AvgIpc) is 2.21. The van der Waals surface area contributed by atoms with Crippen molar-refractivity contribution in [2.75, 3.05) is 6.54 Å². The molecule has 0 radical (unpaired) electrons. The molecule has 0 aliphatic carbocycles. The molecule has 1 aromatic rings. The summed E-state index contributed by atoms with van der Waals surface area (Å²) in [5.41, 5.74) is 0.204. The highest BCUT2D eigenvalue weighted by Gasteiger charge is 2.08. The number of rotatable bonds is 5. The van der Waals surface area contributed by atoms with Gasteiger partial charge in [-0.05, 0) is 18.1 Å². The Kier molecular flexibility index (Phi) is 5.55. The lowest BCUT2D eigenvalue weighted by atomic mass is 10.1. The Hall–Kier alpha value is -0.970. The van der Waals surface area contributed by atoms with Gasteiger partial charge in [-0.15, -0.1) is 0 Å². The van der Waals surface area contributed by atoms with E-state index in [1.54, 1.807) is 0 Å². The molecule has 0 heterocycles. The Morgan fingerprint density at radius 3 is 2.76 bits per heavy atom. The van der Waals surface area contributed by atoms with E-state index in [2.05, 4.69) is 21.2 Å². The summed E-state index contributed by atoms with van der Waals surface area (Å²) >= 11 is 3.36. The zero-order valence-electron chi connectivity index (χ0n) is 9.47. The van der Waals surface area contributed by atoms with Crippen molar-refractivity contribution in [1.82, 2.24) is 5.32 Å². The van der Waals surface area contributed by atoms with Gasteiger partial charge in [-0.1, -0.05) is 28.9 Å². The van der Waals surface area contributed by atoms with Crippen molar-refractivity contribution in [2.45, 2.75) is 24.6 Å². The van der Waals surface area contributed by atoms with E-state index in [1.807, 2.05) is 6.92 Å². The molecule has 0 aliphatic rings. The summed E-state index contributed by atoms with van der Waals surface area (Å²) in [7, 11) is 0. The van der Waals surface area contributed by atoms with Crippen LogP contribution < -0.4 is 5.32 Å². The maximum absolute atomic E-state index is 13.2. The second kappa shape index (κ2) is 6.69. The molecule has 0 spiro atoms. The molecule has 1 unspecified atom stereocenters. The van der Waals surface area contributed by atoms with Crippen molar-refractivity contribution in [3.8, 4) is 0 Å². The van der Waals surface area contributed by atoms with Crippen molar-refractivity contribution >= 4 is 21.8 Å². The number of amides is 1. The Morgan fingerprint density at radius 2 is 2.18 bits per heavy atom. The summed E-state index contributed by atoms with van der Waals surface area (Å²) in [6.07, 6.45) is 0.737. The smallest absolute Gasteiger partial charge is 0.224 e. The van der Waals surface area contributed by atoms with Crippen LogP contribution in [0.4, 0.5) is 8.78 Å². The Balaban J connectivity index is 2.45. The molecule has 0 bridgehead atoms. The summed E-state index contributed by atoms with van der Waals surface area (Å²) in [6.45, 7) is 2.51. The molecule has 5 heteroatoms. The highest BCUT2D eigenvalue weighted by molar-refractivity contribution is 9.09. The Bertz CT molecular complexity index is 396. The molecule has 94 valence electrons. The van der Waals surface area contributed by atoms with Crippen molar-refractivity contribution in [3.05, 3.63) is 35.4 Å². The van der Waals surface area contributed by atoms with Crippen LogP contribution in [0.15, 0.2) is 18.2 Å². The van der Waals surface area contributed by atoms with Crippen LogP contribution in [0.25, 0.3) is 0 Å². The summed E-state index contributed by atoms with van der Waals surface area (Å²) in [6, 6.07) is 3.22. The quantitative estimate of drug-likeness (QED) is 0.833. The van der Waals surface area contributed by atoms with Gasteiger partial charge < -0.3 is 5.32 Å². The highest BCUT2D eigenvalue weighted by Crippen LogP contribution is 2.10. The summed E-state index contributed by atoms with van der Waals surface area (Å²) in [4.78, 5) is 11.8. The third kappa shape index (κ3) is 5.26. The first-order valence-corrected chi connectivity index (χ1v) is 6.25. The SMILES string of the molecule is CC(Br)CCNC(=O)Cc1ccc(F)cc1F. The molecule has 17 heavy (non-hydrogen) atoms. The minimum atomic E-state index is -0.686. The van der Waals surface area contributed by atoms with E-state index in [1.165, 1.54) is 6.07 Å². The lowest BCUT2D eigenvalue weighted by Crippen LogP contribution is -2.27. The van der Waals surface area contributed by atoms with Crippen LogP contribution in [-0.4, -0.2) is 17.3 Å². The predicted octanol–water partition coefficient (Wildman–Crippen LogP) is 2.80. The first kappa shape index (κ1) is 14.1. The van der Waals surface area contributed by atoms with E-state index in [0.717, 1.165) is 18.6 Å². The molecule has 0 saturated heterocycles. The zero-order chi connectivity index (χ0) is 12.8. The molecule has 1 rings (SSSR count). The molecule has 1 aromatic carbocycles. The van der Waals surface area contributed by atoms with Crippen LogP contribution in [0, 0.1) is 11.6 Å². The van der Waals surface area contributed by atoms with Crippen LogP contribution in [0.3, 0.4) is 0 Å². The maximum Gasteiger partial charge on any atom is 0.224 e. The van der Waals surface area contributed by atoms with Crippen LogP contribution in [0.5, 0.6) is 0 Å². The minimum Gasteiger partial charge on any atom is -0.356 e. The standard InChI is InChI=1S/C12H14BrF2NO/c1-8(13)4-5-16-12(17)6-9-2-3-10(14)7-11(9)15/h2-3,7-8H,4-6H2,1H3,(H,16,17). The van der Waals surface area contributed by atoms with Gasteiger partial charge in [0.1, 0.15) is 11.6 Å². The molecule has 2 nitrogen and oxygen atoms in total. The van der Waals surface area contributed by atoms with Gasteiger partial charge in [0.15, 0.2) is 0 Å². The van der Waals surface area contributed by atoms with Crippen LogP contribution in [0.1, 0.15) is 18.9 Å². The number of alkyl halides is 1. The summed E-state index contributed by atoms with van der Waals surface area (Å²) < 4.78 is 25.9. The number of carbonyl (C=O) groups excluding carboxylic acids is 1. The third-order valence-electron chi connectivity index (χ3n) is 2.23. The monoisotopic (exact) mass is 305 g/mol. The maximum atomic E-state index is 13.2. The lowest BCUT2D eigenvalue weighted by Gasteiger charge is -2.07. The van der Waals surface area contributed by atoms with E-state index < -0.39 is 11.6 Å². The van der Waals surface area contributed by atoms with Crippen molar-refractivity contribution in [3.63, 3.8) is 0 Å². The van der Waals surface area contributed by atoms with Crippen LogP contribution in [0.2, 0.25) is 0 Å². The fourth-order valence-electron chi connectivity index (χ4n) is 1.31. The highest BCUT2D eigenvalue weighted by atomic mass is 79.9. The second-order valence-electron chi connectivity index (χ2n) is 3.83. The number of carbonyl (C=O) groups is 1. The zero-order valence-corrected chi connectivity index (χ0v) is 11.1. The number of hydrogen-bond acceptors (Lipinski definition) is 1. The van der Waals surface area contributed by atoms with Crippen molar-refractivity contribution in [1.29, 1.82) is 0 Å². The molecular formula is C12H14BrF2NO. The molecule has 0 aromatic heterocycles. The predicted molar refractivity (Wildman–Crippen MR) is 66.1 cm³/mol. The molecule has 1 N–H and O–H groups in total. The Labute approximate surface area is 108 Å². The van der Waals surface area contributed by atoms with Crippen LogP contribution >= 0.6 is 15.9 Å². The second-order valence-corrected chi connectivity index (χ2v) is 5.40. The molecular weight excluding hydrogens is 292 g/mol. The largest absolute Gasteiger partial charge is 0.356 e. The third-order valence-corrected chi connectivity index (χ3v) is 2.69. The summed E-state index contributed by atoms with van der Waals surface area (Å²) in [5, 5.41) is 2.67. The topological polar surface area (TPSA) is 29.1 Å². The van der Waals surface area contributed by atoms with Gasteiger partial charge in [0.05, 0.1) is 6.42 Å². The van der Waals surface area contributed by atoms with Gasteiger partial charge in [0, 0.05) is 17.4 Å². The number of nitrogens with one attached hydrogen (secondary N) is 1. The van der Waals surface area contributed by atoms with E-state index in [4.69, 9.17) is 0 Å². The van der Waals surface area contributed by atoms with Gasteiger partial charge in [-0.2, -0.15) is 0 Å². The van der Waals surface area contributed by atoms with E-state index >= 15 is 0 Å². The Morgan fingerprint density at radius 1 is 1.47 bits per heavy atom. The van der Waals surface area contributed by atoms with Gasteiger partial charge in [-0.25, -0.2) is 8.78 Å². The van der Waals surface area contributed by atoms with E-state index in [-0.39, 0.29) is 17.9 Å². The molecule has 0 fully saturated rings. The summed E-state index contributed by atoms with van der Waals surface area (Å²) in [5.74, 6) is -1.59.